The maximum absolute atomic E-state index is 12.0. The zero-order chi connectivity index (χ0) is 17.4. The average Bonchev–Trinajstić information content (AvgIpc) is 2.95. The Labute approximate surface area is 147 Å². The molecule has 1 aromatic heterocycles. The topological polar surface area (TPSA) is 69.0 Å². The molecule has 0 fully saturated rings. The molecule has 0 saturated carbocycles. The normalized spacial score (nSPS) is 12.1. The van der Waals surface area contributed by atoms with Crippen LogP contribution in [0.3, 0.4) is 0 Å². The predicted molar refractivity (Wildman–Crippen MR) is 95.1 cm³/mol. The van der Waals surface area contributed by atoms with Gasteiger partial charge >= 0.3 is 0 Å². The summed E-state index contributed by atoms with van der Waals surface area (Å²) in [6, 6.07) is 10.2. The fraction of sp³-hybridized carbons (Fsp3) is 0.471. The summed E-state index contributed by atoms with van der Waals surface area (Å²) in [5.74, 6) is 0.886. The summed E-state index contributed by atoms with van der Waals surface area (Å²) in [6.45, 7) is 5.65. The molecule has 7 heteroatoms. The zero-order valence-electron chi connectivity index (χ0n) is 14.4. The van der Waals surface area contributed by atoms with E-state index in [1.54, 1.807) is 7.11 Å². The van der Waals surface area contributed by atoms with Crippen LogP contribution in [-0.4, -0.2) is 46.2 Å². The molecule has 1 amide bonds. The minimum atomic E-state index is -0.222. The third-order valence-electron chi connectivity index (χ3n) is 3.52. The average molecular weight is 348 g/mol. The SMILES string of the molecule is CCNC(=O)[C@@H](C)Sc1nnc(Cc2ccccc2)n1CCOC. The highest BCUT2D eigenvalue weighted by Crippen LogP contribution is 2.23. The third kappa shape index (κ3) is 5.07. The van der Waals surface area contributed by atoms with Crippen molar-refractivity contribution in [3.63, 3.8) is 0 Å². The van der Waals surface area contributed by atoms with Gasteiger partial charge in [-0.3, -0.25) is 4.79 Å². The first-order chi connectivity index (χ1) is 11.7. The molecule has 0 bridgehead atoms. The van der Waals surface area contributed by atoms with Crippen LogP contribution >= 0.6 is 11.8 Å². The van der Waals surface area contributed by atoms with Gasteiger partial charge in [0.25, 0.3) is 0 Å². The second kappa shape index (κ2) is 9.44. The number of methoxy groups -OCH3 is 1. The highest BCUT2D eigenvalue weighted by Gasteiger charge is 2.19. The first-order valence-electron chi connectivity index (χ1n) is 8.05. The van der Waals surface area contributed by atoms with E-state index in [4.69, 9.17) is 4.74 Å². The summed E-state index contributed by atoms with van der Waals surface area (Å²) >= 11 is 1.42. The molecule has 130 valence electrons. The summed E-state index contributed by atoms with van der Waals surface area (Å²) in [5, 5.41) is 12.0. The number of aromatic nitrogens is 3. The van der Waals surface area contributed by atoms with Crippen molar-refractivity contribution >= 4 is 17.7 Å². The van der Waals surface area contributed by atoms with E-state index < -0.39 is 0 Å². The largest absolute Gasteiger partial charge is 0.383 e. The van der Waals surface area contributed by atoms with Gasteiger partial charge in [-0.1, -0.05) is 42.1 Å². The minimum Gasteiger partial charge on any atom is -0.383 e. The van der Waals surface area contributed by atoms with Gasteiger partial charge in [0.1, 0.15) is 5.82 Å². The van der Waals surface area contributed by atoms with E-state index in [0.29, 0.717) is 26.1 Å². The lowest BCUT2D eigenvalue weighted by molar-refractivity contribution is -0.120. The van der Waals surface area contributed by atoms with Gasteiger partial charge in [-0.25, -0.2) is 0 Å². The van der Waals surface area contributed by atoms with Gasteiger partial charge in [0.2, 0.25) is 5.91 Å². The Morgan fingerprint density at radius 2 is 2.08 bits per heavy atom. The molecule has 2 rings (SSSR count). The molecular weight excluding hydrogens is 324 g/mol. The molecule has 1 aromatic carbocycles. The smallest absolute Gasteiger partial charge is 0.233 e. The van der Waals surface area contributed by atoms with E-state index in [9.17, 15) is 4.79 Å². The van der Waals surface area contributed by atoms with Crippen LogP contribution in [0.4, 0.5) is 0 Å². The summed E-state index contributed by atoms with van der Waals surface area (Å²) in [6.07, 6.45) is 0.702. The van der Waals surface area contributed by atoms with E-state index in [0.717, 1.165) is 11.0 Å². The van der Waals surface area contributed by atoms with Gasteiger partial charge in [-0.15, -0.1) is 10.2 Å². The Morgan fingerprint density at radius 3 is 2.75 bits per heavy atom. The Bertz CT molecular complexity index is 645. The lowest BCUT2D eigenvalue weighted by Gasteiger charge is -2.13. The molecule has 0 spiro atoms. The standard InChI is InChI=1S/C17H24N4O2S/c1-4-18-16(22)13(2)24-17-20-19-15(21(17)10-11-23-3)12-14-8-6-5-7-9-14/h5-9,13H,4,10-12H2,1-3H3,(H,18,22)/t13-/m1/s1. The van der Waals surface area contributed by atoms with E-state index in [1.165, 1.54) is 17.3 Å². The highest BCUT2D eigenvalue weighted by atomic mass is 32.2. The van der Waals surface area contributed by atoms with Crippen LogP contribution in [0.25, 0.3) is 0 Å². The molecule has 1 N–H and O–H groups in total. The molecule has 1 atom stereocenters. The zero-order valence-corrected chi connectivity index (χ0v) is 15.2. The Hall–Kier alpha value is -1.86. The second-order valence-corrected chi connectivity index (χ2v) is 6.67. The molecule has 0 saturated heterocycles. The molecule has 0 unspecified atom stereocenters. The van der Waals surface area contributed by atoms with Crippen LogP contribution in [0.1, 0.15) is 25.2 Å². The number of nitrogens with one attached hydrogen (secondary N) is 1. The van der Waals surface area contributed by atoms with E-state index in [2.05, 4.69) is 27.6 Å². The number of amides is 1. The lowest BCUT2D eigenvalue weighted by Crippen LogP contribution is -2.30. The van der Waals surface area contributed by atoms with Gasteiger partial charge < -0.3 is 14.6 Å². The van der Waals surface area contributed by atoms with Gasteiger partial charge in [0.15, 0.2) is 5.16 Å². The maximum Gasteiger partial charge on any atom is 0.233 e. The summed E-state index contributed by atoms with van der Waals surface area (Å²) in [4.78, 5) is 12.0. The highest BCUT2D eigenvalue weighted by molar-refractivity contribution is 8.00. The van der Waals surface area contributed by atoms with Crippen molar-refractivity contribution in [1.29, 1.82) is 0 Å². The number of rotatable bonds is 9. The fourth-order valence-corrected chi connectivity index (χ4v) is 3.17. The quantitative estimate of drug-likeness (QED) is 0.703. The number of hydrogen-bond donors (Lipinski definition) is 1. The Kier molecular flexibility index (Phi) is 7.27. The lowest BCUT2D eigenvalue weighted by atomic mass is 10.1. The molecule has 24 heavy (non-hydrogen) atoms. The first kappa shape index (κ1) is 18.5. The van der Waals surface area contributed by atoms with Crippen LogP contribution in [0.5, 0.6) is 0 Å². The van der Waals surface area contributed by atoms with Crippen molar-refractivity contribution in [1.82, 2.24) is 20.1 Å². The molecule has 2 aromatic rings. The van der Waals surface area contributed by atoms with Crippen LogP contribution in [0.2, 0.25) is 0 Å². The number of benzene rings is 1. The number of thioether (sulfide) groups is 1. The van der Waals surface area contributed by atoms with Crippen molar-refractivity contribution in [2.24, 2.45) is 0 Å². The molecule has 0 aliphatic heterocycles. The Morgan fingerprint density at radius 1 is 1.33 bits per heavy atom. The van der Waals surface area contributed by atoms with Gasteiger partial charge in [-0.05, 0) is 19.4 Å². The monoisotopic (exact) mass is 348 g/mol. The molecule has 0 aliphatic carbocycles. The third-order valence-corrected chi connectivity index (χ3v) is 4.60. The first-order valence-corrected chi connectivity index (χ1v) is 8.93. The molecule has 0 aliphatic rings. The van der Waals surface area contributed by atoms with Crippen LogP contribution in [0, 0.1) is 0 Å². The maximum atomic E-state index is 12.0. The van der Waals surface area contributed by atoms with Crippen LogP contribution in [0.15, 0.2) is 35.5 Å². The molecule has 0 radical (unpaired) electrons. The number of carbonyl (C=O) groups excluding carboxylic acids is 1. The molecule has 1 heterocycles. The second-order valence-electron chi connectivity index (χ2n) is 5.36. The van der Waals surface area contributed by atoms with Gasteiger partial charge in [-0.2, -0.15) is 0 Å². The summed E-state index contributed by atoms with van der Waals surface area (Å²) in [7, 11) is 1.67. The van der Waals surface area contributed by atoms with E-state index in [-0.39, 0.29) is 11.2 Å². The van der Waals surface area contributed by atoms with Gasteiger partial charge in [0, 0.05) is 26.6 Å². The van der Waals surface area contributed by atoms with Crippen molar-refractivity contribution in [3.05, 3.63) is 41.7 Å². The van der Waals surface area contributed by atoms with Crippen molar-refractivity contribution in [2.75, 3.05) is 20.3 Å². The number of ether oxygens (including phenoxy) is 1. The van der Waals surface area contributed by atoms with Crippen molar-refractivity contribution < 1.29 is 9.53 Å². The minimum absolute atomic E-state index is 0.00778. The predicted octanol–water partition coefficient (Wildman–Crippen LogP) is 2.13. The van der Waals surface area contributed by atoms with E-state index >= 15 is 0 Å². The number of carbonyl (C=O) groups is 1. The number of hydrogen-bond acceptors (Lipinski definition) is 5. The van der Waals surface area contributed by atoms with E-state index in [1.807, 2.05) is 36.6 Å². The van der Waals surface area contributed by atoms with Crippen molar-refractivity contribution in [3.8, 4) is 0 Å². The number of nitrogens with zero attached hydrogens (tertiary/aromatic N) is 3. The summed E-state index contributed by atoms with van der Waals surface area (Å²) in [5.41, 5.74) is 1.18. The fourth-order valence-electron chi connectivity index (χ4n) is 2.25. The summed E-state index contributed by atoms with van der Waals surface area (Å²) < 4.78 is 7.24. The van der Waals surface area contributed by atoms with Gasteiger partial charge in [0.05, 0.1) is 11.9 Å². The Balaban J connectivity index is 2.17. The molecule has 6 nitrogen and oxygen atoms in total. The van der Waals surface area contributed by atoms with Crippen LogP contribution < -0.4 is 5.32 Å². The van der Waals surface area contributed by atoms with Crippen molar-refractivity contribution in [2.45, 2.75) is 37.2 Å². The van der Waals surface area contributed by atoms with Crippen LogP contribution in [-0.2, 0) is 22.5 Å². The molecular formula is C17H24N4O2S.